The average molecular weight is 266 g/mol. The molecule has 104 valence electrons. The number of anilines is 4. The van der Waals surface area contributed by atoms with Gasteiger partial charge in [0.1, 0.15) is 11.6 Å². The van der Waals surface area contributed by atoms with Gasteiger partial charge in [-0.05, 0) is 6.92 Å². The summed E-state index contributed by atoms with van der Waals surface area (Å²) in [5.74, 6) is 0.663. The van der Waals surface area contributed by atoms with Gasteiger partial charge < -0.3 is 27.7 Å². The topological polar surface area (TPSA) is 149 Å². The van der Waals surface area contributed by atoms with Crippen LogP contribution >= 0.6 is 0 Å². The summed E-state index contributed by atoms with van der Waals surface area (Å²) in [6.07, 6.45) is 2.50. The van der Waals surface area contributed by atoms with Gasteiger partial charge in [0.15, 0.2) is 6.17 Å². The first-order chi connectivity index (χ1) is 9.06. The number of aromatic nitrogens is 4. The predicted octanol–water partition coefficient (Wildman–Crippen LogP) is -0.508. The molecule has 2 aromatic heterocycles. The van der Waals surface area contributed by atoms with Gasteiger partial charge in [0.05, 0.1) is 30.4 Å². The molecule has 0 spiro atoms. The number of hydrogen-bond acceptors (Lipinski definition) is 7. The SMILES string of the molecule is CCOCC(n1ncc(N)c1N)n1ncc(N)c1N. The normalized spacial score (nSPS) is 11.3. The molecule has 0 saturated carbocycles. The summed E-state index contributed by atoms with van der Waals surface area (Å²) in [6, 6.07) is 0. The highest BCUT2D eigenvalue weighted by molar-refractivity contribution is 5.59. The number of rotatable bonds is 5. The monoisotopic (exact) mass is 266 g/mol. The number of nitrogen functional groups attached to an aromatic ring is 4. The van der Waals surface area contributed by atoms with E-state index in [1.54, 1.807) is 0 Å². The second-order valence-electron chi connectivity index (χ2n) is 4.00. The molecule has 2 rings (SSSR count). The average Bonchev–Trinajstić information content (AvgIpc) is 2.89. The number of ether oxygens (including phenoxy) is 1. The highest BCUT2D eigenvalue weighted by Crippen LogP contribution is 2.24. The maximum absolute atomic E-state index is 5.88. The molecule has 0 aliphatic heterocycles. The second-order valence-corrected chi connectivity index (χ2v) is 4.00. The Labute approximate surface area is 110 Å². The van der Waals surface area contributed by atoms with Crippen molar-refractivity contribution in [2.45, 2.75) is 13.1 Å². The lowest BCUT2D eigenvalue weighted by Gasteiger charge is -2.20. The maximum Gasteiger partial charge on any atom is 0.171 e. The van der Waals surface area contributed by atoms with Crippen LogP contribution in [0.3, 0.4) is 0 Å². The molecule has 0 fully saturated rings. The number of nitrogens with zero attached hydrogens (tertiary/aromatic N) is 4. The zero-order chi connectivity index (χ0) is 14.0. The summed E-state index contributed by atoms with van der Waals surface area (Å²) in [4.78, 5) is 0. The first-order valence-corrected chi connectivity index (χ1v) is 5.80. The quantitative estimate of drug-likeness (QED) is 0.569. The Morgan fingerprint density at radius 1 is 1.05 bits per heavy atom. The van der Waals surface area contributed by atoms with Crippen LogP contribution in [-0.4, -0.2) is 32.8 Å². The van der Waals surface area contributed by atoms with Crippen LogP contribution in [0.2, 0.25) is 0 Å². The molecule has 0 unspecified atom stereocenters. The van der Waals surface area contributed by atoms with E-state index >= 15 is 0 Å². The van der Waals surface area contributed by atoms with Crippen LogP contribution in [0.25, 0.3) is 0 Å². The molecule has 8 N–H and O–H groups in total. The first-order valence-electron chi connectivity index (χ1n) is 5.80. The minimum absolute atomic E-state index is 0.299. The second kappa shape index (κ2) is 5.06. The predicted molar refractivity (Wildman–Crippen MR) is 73.0 cm³/mol. The minimum Gasteiger partial charge on any atom is -0.394 e. The van der Waals surface area contributed by atoms with Gasteiger partial charge in [0.25, 0.3) is 0 Å². The van der Waals surface area contributed by atoms with Gasteiger partial charge in [-0.15, -0.1) is 0 Å². The van der Waals surface area contributed by atoms with Gasteiger partial charge >= 0.3 is 0 Å². The summed E-state index contributed by atoms with van der Waals surface area (Å²) < 4.78 is 8.43. The van der Waals surface area contributed by atoms with Gasteiger partial charge in [-0.1, -0.05) is 0 Å². The van der Waals surface area contributed by atoms with Crippen molar-refractivity contribution in [3.8, 4) is 0 Å². The van der Waals surface area contributed by atoms with E-state index in [-0.39, 0.29) is 0 Å². The summed E-state index contributed by atoms with van der Waals surface area (Å²) >= 11 is 0. The third kappa shape index (κ3) is 2.27. The van der Waals surface area contributed by atoms with Crippen molar-refractivity contribution in [1.82, 2.24) is 19.6 Å². The van der Waals surface area contributed by atoms with Crippen LogP contribution in [0, 0.1) is 0 Å². The molecule has 0 aromatic carbocycles. The molecular weight excluding hydrogens is 248 g/mol. The van der Waals surface area contributed by atoms with Gasteiger partial charge in [0.2, 0.25) is 0 Å². The Kier molecular flexibility index (Phi) is 3.47. The van der Waals surface area contributed by atoms with Gasteiger partial charge in [-0.3, -0.25) is 0 Å². The third-order valence-corrected chi connectivity index (χ3v) is 2.76. The van der Waals surface area contributed by atoms with E-state index in [9.17, 15) is 0 Å². The molecule has 0 saturated heterocycles. The summed E-state index contributed by atoms with van der Waals surface area (Å²) in [5, 5.41) is 8.25. The molecule has 0 aliphatic carbocycles. The van der Waals surface area contributed by atoms with Gasteiger partial charge in [0, 0.05) is 6.61 Å². The lowest BCUT2D eigenvalue weighted by molar-refractivity contribution is 0.0951. The minimum atomic E-state index is -0.436. The van der Waals surface area contributed by atoms with Crippen LogP contribution in [0.15, 0.2) is 12.4 Å². The molecular formula is C10H18N8O. The standard InChI is InChI=1S/C10H18N8O/c1-2-19-5-8(17-9(13)6(11)3-15-17)18-10(14)7(12)4-16-18/h3-4,8H,2,5,11-14H2,1H3. The Bertz CT molecular complexity index is 514. The molecule has 2 aromatic rings. The van der Waals surface area contributed by atoms with Crippen LogP contribution in [0.5, 0.6) is 0 Å². The molecule has 9 heteroatoms. The zero-order valence-corrected chi connectivity index (χ0v) is 10.7. The van der Waals surface area contributed by atoms with Crippen LogP contribution < -0.4 is 22.9 Å². The number of hydrogen-bond donors (Lipinski definition) is 4. The van der Waals surface area contributed by atoms with E-state index in [4.69, 9.17) is 27.7 Å². The van der Waals surface area contributed by atoms with Crippen molar-refractivity contribution >= 4 is 23.0 Å². The highest BCUT2D eigenvalue weighted by Gasteiger charge is 2.21. The van der Waals surface area contributed by atoms with Crippen molar-refractivity contribution in [3.63, 3.8) is 0 Å². The molecule has 0 amide bonds. The van der Waals surface area contributed by atoms with Crippen molar-refractivity contribution in [1.29, 1.82) is 0 Å². The van der Waals surface area contributed by atoms with E-state index in [1.807, 2.05) is 6.92 Å². The van der Waals surface area contributed by atoms with Crippen LogP contribution in [0.4, 0.5) is 23.0 Å². The van der Waals surface area contributed by atoms with E-state index in [0.29, 0.717) is 36.2 Å². The lowest BCUT2D eigenvalue weighted by Crippen LogP contribution is -2.27. The highest BCUT2D eigenvalue weighted by atomic mass is 16.5. The molecule has 0 bridgehead atoms. The maximum atomic E-state index is 5.88. The van der Waals surface area contributed by atoms with Crippen molar-refractivity contribution < 1.29 is 4.74 Å². The Morgan fingerprint density at radius 2 is 1.53 bits per heavy atom. The van der Waals surface area contributed by atoms with Gasteiger partial charge in [-0.25, -0.2) is 9.36 Å². The first kappa shape index (κ1) is 13.0. The van der Waals surface area contributed by atoms with E-state index in [2.05, 4.69) is 10.2 Å². The fourth-order valence-corrected chi connectivity index (χ4v) is 1.71. The molecule has 0 aliphatic rings. The zero-order valence-electron chi connectivity index (χ0n) is 10.7. The Hall–Kier alpha value is -2.42. The van der Waals surface area contributed by atoms with Gasteiger partial charge in [-0.2, -0.15) is 10.2 Å². The summed E-state index contributed by atoms with van der Waals surface area (Å²) in [7, 11) is 0. The van der Waals surface area contributed by atoms with E-state index in [0.717, 1.165) is 0 Å². The summed E-state index contributed by atoms with van der Waals surface area (Å²) in [6.45, 7) is 2.73. The molecule has 19 heavy (non-hydrogen) atoms. The largest absolute Gasteiger partial charge is 0.394 e. The van der Waals surface area contributed by atoms with E-state index < -0.39 is 6.17 Å². The molecule has 2 heterocycles. The Balaban J connectivity index is 2.41. The lowest BCUT2D eigenvalue weighted by atomic mass is 10.4. The fourth-order valence-electron chi connectivity index (χ4n) is 1.71. The molecule has 0 radical (unpaired) electrons. The van der Waals surface area contributed by atoms with Crippen LogP contribution in [-0.2, 0) is 4.74 Å². The molecule has 0 atom stereocenters. The van der Waals surface area contributed by atoms with Crippen molar-refractivity contribution in [2.75, 3.05) is 36.1 Å². The molecule has 9 nitrogen and oxygen atoms in total. The summed E-state index contributed by atoms with van der Waals surface area (Å²) in [5.41, 5.74) is 23.9. The van der Waals surface area contributed by atoms with Crippen molar-refractivity contribution in [3.05, 3.63) is 12.4 Å². The third-order valence-electron chi connectivity index (χ3n) is 2.76. The van der Waals surface area contributed by atoms with Crippen molar-refractivity contribution in [2.24, 2.45) is 0 Å². The fraction of sp³-hybridized carbons (Fsp3) is 0.400. The Morgan fingerprint density at radius 3 is 1.84 bits per heavy atom. The van der Waals surface area contributed by atoms with Crippen LogP contribution in [0.1, 0.15) is 13.1 Å². The smallest absolute Gasteiger partial charge is 0.171 e. The van der Waals surface area contributed by atoms with E-state index in [1.165, 1.54) is 21.8 Å². The number of nitrogens with two attached hydrogens (primary N) is 4.